The molecule has 2 aromatic rings. The molecule has 0 unspecified atom stereocenters. The molecule has 5 rings (SSSR count). The van der Waals surface area contributed by atoms with Gasteiger partial charge in [-0.3, -0.25) is 9.89 Å². The Bertz CT molecular complexity index is 954. The maximum Gasteiger partial charge on any atom is 0.391 e. The predicted octanol–water partition coefficient (Wildman–Crippen LogP) is 4.36. The fraction of sp³-hybridized carbons (Fsp3) is 0.591. The molecule has 2 aliphatic heterocycles. The van der Waals surface area contributed by atoms with Crippen LogP contribution in [-0.2, 0) is 0 Å². The Balaban J connectivity index is 1.40. The molecule has 1 saturated carbocycles. The predicted molar refractivity (Wildman–Crippen MR) is 110 cm³/mol. The zero-order chi connectivity index (χ0) is 21.6. The topological polar surface area (TPSA) is 65.1 Å². The number of benzene rings is 1. The highest BCUT2D eigenvalue weighted by molar-refractivity contribution is 6.00. The van der Waals surface area contributed by atoms with Crippen molar-refractivity contribution in [2.75, 3.05) is 31.1 Å². The maximum atomic E-state index is 13.3. The van der Waals surface area contributed by atoms with Crippen molar-refractivity contribution in [2.24, 2.45) is 5.92 Å². The fourth-order valence-electron chi connectivity index (χ4n) is 4.59. The number of alkyl halides is 3. The molecule has 6 nitrogen and oxygen atoms in total. The lowest BCUT2D eigenvalue weighted by Crippen LogP contribution is -2.42. The summed E-state index contributed by atoms with van der Waals surface area (Å²) in [5, 5.41) is 7.37. The van der Waals surface area contributed by atoms with E-state index in [0.717, 1.165) is 55.8 Å². The van der Waals surface area contributed by atoms with Crippen molar-refractivity contribution < 1.29 is 18.0 Å². The molecular formula is C22H26F3N5O. The van der Waals surface area contributed by atoms with Gasteiger partial charge in [0.25, 0.3) is 5.91 Å². The molecule has 9 heteroatoms. The number of amides is 1. The van der Waals surface area contributed by atoms with Crippen LogP contribution in [0.2, 0.25) is 0 Å². The Morgan fingerprint density at radius 1 is 1.03 bits per heavy atom. The monoisotopic (exact) mass is 433 g/mol. The van der Waals surface area contributed by atoms with Crippen LogP contribution in [0.15, 0.2) is 18.2 Å². The van der Waals surface area contributed by atoms with E-state index < -0.39 is 12.1 Å². The molecule has 1 amide bonds. The standard InChI is InChI=1S/C22H26F3N5O/c23-22(24,25)16-7-11-30(12-8-16)21(31)17-6-5-15(13-18(17)29-9-1-2-10-29)20-26-19(27-28-20)14-3-4-14/h5-6,13-14,16H,1-4,7-12H2,(H,26,27,28). The second kappa shape index (κ2) is 7.84. The van der Waals surface area contributed by atoms with Gasteiger partial charge in [0.15, 0.2) is 5.82 Å². The third-order valence-corrected chi connectivity index (χ3v) is 6.64. The first kappa shape index (κ1) is 20.3. The number of likely N-dealkylation sites (tertiary alicyclic amines) is 1. The van der Waals surface area contributed by atoms with Crippen LogP contribution < -0.4 is 4.90 Å². The average Bonchev–Trinajstić information content (AvgIpc) is 3.26. The second-order valence-electron chi connectivity index (χ2n) is 8.85. The highest BCUT2D eigenvalue weighted by Gasteiger charge is 2.42. The van der Waals surface area contributed by atoms with E-state index in [9.17, 15) is 18.0 Å². The third-order valence-electron chi connectivity index (χ3n) is 6.64. The molecule has 3 fully saturated rings. The first-order chi connectivity index (χ1) is 14.9. The lowest BCUT2D eigenvalue weighted by atomic mass is 9.95. The van der Waals surface area contributed by atoms with Crippen molar-refractivity contribution in [3.63, 3.8) is 0 Å². The Kier molecular flexibility index (Phi) is 5.14. The van der Waals surface area contributed by atoms with E-state index in [1.54, 1.807) is 11.0 Å². The van der Waals surface area contributed by atoms with E-state index in [-0.39, 0.29) is 31.8 Å². The molecular weight excluding hydrogens is 407 g/mol. The van der Waals surface area contributed by atoms with Gasteiger partial charge in [-0.05, 0) is 50.7 Å². The summed E-state index contributed by atoms with van der Waals surface area (Å²) in [7, 11) is 0. The van der Waals surface area contributed by atoms with Crippen LogP contribution in [-0.4, -0.2) is 58.3 Å². The molecule has 0 atom stereocenters. The lowest BCUT2D eigenvalue weighted by Gasteiger charge is -2.34. The number of aromatic nitrogens is 3. The molecule has 0 spiro atoms. The van der Waals surface area contributed by atoms with Crippen LogP contribution in [0, 0.1) is 5.92 Å². The van der Waals surface area contributed by atoms with Crippen molar-refractivity contribution in [3.05, 3.63) is 29.6 Å². The molecule has 31 heavy (non-hydrogen) atoms. The van der Waals surface area contributed by atoms with Gasteiger partial charge in [0, 0.05) is 37.7 Å². The van der Waals surface area contributed by atoms with E-state index in [0.29, 0.717) is 17.3 Å². The van der Waals surface area contributed by atoms with E-state index in [4.69, 9.17) is 0 Å². The molecule has 1 aromatic heterocycles. The molecule has 1 N–H and O–H groups in total. The number of nitrogens with one attached hydrogen (secondary N) is 1. The van der Waals surface area contributed by atoms with Crippen LogP contribution in [0.4, 0.5) is 18.9 Å². The minimum Gasteiger partial charge on any atom is -0.371 e. The molecule has 3 aliphatic rings. The van der Waals surface area contributed by atoms with Crippen LogP contribution in [0.25, 0.3) is 11.4 Å². The summed E-state index contributed by atoms with van der Waals surface area (Å²) < 4.78 is 39.0. The van der Waals surface area contributed by atoms with Crippen LogP contribution in [0.3, 0.4) is 0 Å². The van der Waals surface area contributed by atoms with Crippen molar-refractivity contribution in [3.8, 4) is 11.4 Å². The van der Waals surface area contributed by atoms with Crippen molar-refractivity contribution >= 4 is 11.6 Å². The Morgan fingerprint density at radius 3 is 2.39 bits per heavy atom. The summed E-state index contributed by atoms with van der Waals surface area (Å²) in [4.78, 5) is 21.6. The average molecular weight is 433 g/mol. The summed E-state index contributed by atoms with van der Waals surface area (Å²) in [6.45, 7) is 1.99. The first-order valence-electron chi connectivity index (χ1n) is 11.1. The zero-order valence-corrected chi connectivity index (χ0v) is 17.3. The minimum absolute atomic E-state index is 0.0342. The molecule has 0 bridgehead atoms. The van der Waals surface area contributed by atoms with Crippen molar-refractivity contribution in [1.82, 2.24) is 20.1 Å². The first-order valence-corrected chi connectivity index (χ1v) is 11.1. The minimum atomic E-state index is -4.19. The van der Waals surface area contributed by atoms with E-state index in [1.165, 1.54) is 0 Å². The summed E-state index contributed by atoms with van der Waals surface area (Å²) >= 11 is 0. The second-order valence-corrected chi connectivity index (χ2v) is 8.85. The third kappa shape index (κ3) is 4.14. The van der Waals surface area contributed by atoms with Gasteiger partial charge in [0.05, 0.1) is 17.2 Å². The lowest BCUT2D eigenvalue weighted by molar-refractivity contribution is -0.183. The number of aromatic amines is 1. The number of nitrogens with zero attached hydrogens (tertiary/aromatic N) is 4. The van der Waals surface area contributed by atoms with Gasteiger partial charge in [0.1, 0.15) is 5.82 Å². The molecule has 2 saturated heterocycles. The molecule has 0 radical (unpaired) electrons. The number of rotatable bonds is 4. The quantitative estimate of drug-likeness (QED) is 0.778. The Hall–Kier alpha value is -2.58. The molecule has 1 aliphatic carbocycles. The molecule has 3 heterocycles. The van der Waals surface area contributed by atoms with Gasteiger partial charge < -0.3 is 9.80 Å². The number of carbonyl (C=O) groups excluding carboxylic acids is 1. The highest BCUT2D eigenvalue weighted by Crippen LogP contribution is 2.39. The normalized spacial score (nSPS) is 20.5. The number of hydrogen-bond acceptors (Lipinski definition) is 4. The SMILES string of the molecule is O=C(c1ccc(-c2n[nH]c(C3CC3)n2)cc1N1CCCC1)N1CCC(C(F)(F)F)CC1. The van der Waals surface area contributed by atoms with Gasteiger partial charge in [-0.15, -0.1) is 0 Å². The highest BCUT2D eigenvalue weighted by atomic mass is 19.4. The summed E-state index contributed by atoms with van der Waals surface area (Å²) in [5.41, 5.74) is 2.22. The largest absolute Gasteiger partial charge is 0.391 e. The number of H-pyrrole nitrogens is 1. The number of halogens is 3. The van der Waals surface area contributed by atoms with Crippen LogP contribution >= 0.6 is 0 Å². The van der Waals surface area contributed by atoms with Crippen LogP contribution in [0.1, 0.15) is 60.6 Å². The maximum absolute atomic E-state index is 13.3. The van der Waals surface area contributed by atoms with Gasteiger partial charge in [-0.1, -0.05) is 6.07 Å². The number of hydrogen-bond donors (Lipinski definition) is 1. The van der Waals surface area contributed by atoms with E-state index in [1.807, 2.05) is 12.1 Å². The fourth-order valence-corrected chi connectivity index (χ4v) is 4.59. The van der Waals surface area contributed by atoms with E-state index >= 15 is 0 Å². The summed E-state index contributed by atoms with van der Waals surface area (Å²) in [6, 6.07) is 5.59. The van der Waals surface area contributed by atoms with Gasteiger partial charge in [-0.25, -0.2) is 4.98 Å². The number of piperidine rings is 1. The van der Waals surface area contributed by atoms with E-state index in [2.05, 4.69) is 20.1 Å². The molecule has 1 aromatic carbocycles. The van der Waals surface area contributed by atoms with Crippen molar-refractivity contribution in [2.45, 2.75) is 50.6 Å². The number of carbonyl (C=O) groups is 1. The Labute approximate surface area is 178 Å². The van der Waals surface area contributed by atoms with Gasteiger partial charge >= 0.3 is 6.18 Å². The van der Waals surface area contributed by atoms with Crippen molar-refractivity contribution in [1.29, 1.82) is 0 Å². The Morgan fingerprint density at radius 2 is 1.74 bits per heavy atom. The number of anilines is 1. The van der Waals surface area contributed by atoms with Gasteiger partial charge in [-0.2, -0.15) is 18.3 Å². The summed E-state index contributed by atoms with van der Waals surface area (Å²) in [6.07, 6.45) is 0.120. The molecule has 166 valence electrons. The zero-order valence-electron chi connectivity index (χ0n) is 17.3. The van der Waals surface area contributed by atoms with Crippen LogP contribution in [0.5, 0.6) is 0 Å². The summed E-state index contributed by atoms with van der Waals surface area (Å²) in [5.74, 6) is 0.489. The smallest absolute Gasteiger partial charge is 0.371 e. The van der Waals surface area contributed by atoms with Gasteiger partial charge in [0.2, 0.25) is 0 Å².